The second-order valence-corrected chi connectivity index (χ2v) is 5.91. The summed E-state index contributed by atoms with van der Waals surface area (Å²) in [5.41, 5.74) is 0.00221. The van der Waals surface area contributed by atoms with Crippen LogP contribution >= 0.6 is 0 Å². The van der Waals surface area contributed by atoms with Gasteiger partial charge < -0.3 is 9.84 Å². The van der Waals surface area contributed by atoms with E-state index in [1.807, 2.05) is 0 Å². The van der Waals surface area contributed by atoms with Crippen LogP contribution < -0.4 is 0 Å². The van der Waals surface area contributed by atoms with Gasteiger partial charge in [0, 0.05) is 13.5 Å². The number of alkyl halides is 3. The van der Waals surface area contributed by atoms with Crippen molar-refractivity contribution in [1.82, 2.24) is 4.90 Å². The van der Waals surface area contributed by atoms with Crippen LogP contribution in [0, 0.1) is 0 Å². The van der Waals surface area contributed by atoms with Crippen molar-refractivity contribution in [2.24, 2.45) is 0 Å². The molecule has 0 aromatic heterocycles. The normalized spacial score (nSPS) is 12.3. The maximum absolute atomic E-state index is 12.8. The molecule has 0 bridgehead atoms. The molecule has 0 saturated heterocycles. The fraction of sp³-hybridized carbons (Fsp3) is 0.263. The highest BCUT2D eigenvalue weighted by molar-refractivity contribution is 5.80. The Morgan fingerprint density at radius 1 is 1.07 bits per heavy atom. The molecule has 2 aromatic rings. The summed E-state index contributed by atoms with van der Waals surface area (Å²) in [6.07, 6.45) is -5.69. The molecule has 0 unspecified atom stereocenters. The first-order chi connectivity index (χ1) is 12.7. The lowest BCUT2D eigenvalue weighted by Crippen LogP contribution is -2.44. The van der Waals surface area contributed by atoms with Crippen molar-refractivity contribution < 1.29 is 32.6 Å². The fourth-order valence-electron chi connectivity index (χ4n) is 2.44. The van der Waals surface area contributed by atoms with Gasteiger partial charge in [-0.05, 0) is 17.2 Å². The highest BCUT2D eigenvalue weighted by Crippen LogP contribution is 2.30. The third kappa shape index (κ3) is 5.73. The first kappa shape index (κ1) is 20.3. The number of ether oxygens (including phenoxy) is 1. The van der Waals surface area contributed by atoms with Crippen LogP contribution in [0.5, 0.6) is 0 Å². The molecule has 0 fully saturated rings. The van der Waals surface area contributed by atoms with E-state index in [-0.39, 0.29) is 18.6 Å². The Kier molecular flexibility index (Phi) is 6.44. The Bertz CT molecular complexity index is 793. The van der Waals surface area contributed by atoms with Crippen LogP contribution in [0.2, 0.25) is 0 Å². The molecule has 5 nitrogen and oxygen atoms in total. The zero-order valence-electron chi connectivity index (χ0n) is 14.4. The van der Waals surface area contributed by atoms with E-state index in [2.05, 4.69) is 0 Å². The number of hydrogen-bond donors (Lipinski definition) is 1. The van der Waals surface area contributed by atoms with E-state index in [4.69, 9.17) is 4.74 Å². The molecule has 27 heavy (non-hydrogen) atoms. The fourth-order valence-corrected chi connectivity index (χ4v) is 2.44. The van der Waals surface area contributed by atoms with Crippen molar-refractivity contribution in [2.45, 2.75) is 25.2 Å². The molecule has 8 heteroatoms. The largest absolute Gasteiger partial charge is 0.480 e. The van der Waals surface area contributed by atoms with E-state index in [9.17, 15) is 27.9 Å². The molecule has 0 spiro atoms. The quantitative estimate of drug-likeness (QED) is 0.822. The number of likely N-dealkylation sites (N-methyl/N-ethyl adjacent to an activating group) is 1. The molecule has 1 atom stereocenters. The van der Waals surface area contributed by atoms with Crippen molar-refractivity contribution in [3.63, 3.8) is 0 Å². The third-order valence-corrected chi connectivity index (χ3v) is 3.93. The molecule has 2 rings (SSSR count). The van der Waals surface area contributed by atoms with E-state index < -0.39 is 29.8 Å². The number of halogens is 3. The number of carboxylic acid groups (broad SMARTS) is 1. The first-order valence-corrected chi connectivity index (χ1v) is 8.01. The number of benzene rings is 2. The van der Waals surface area contributed by atoms with Gasteiger partial charge in [-0.25, -0.2) is 9.59 Å². The molecule has 0 radical (unpaired) electrons. The van der Waals surface area contributed by atoms with Gasteiger partial charge in [0.25, 0.3) is 0 Å². The molecule has 1 amide bonds. The summed E-state index contributed by atoms with van der Waals surface area (Å²) in [6.45, 7) is -0.0418. The molecular formula is C19H18F3NO4. The Labute approximate surface area is 154 Å². The van der Waals surface area contributed by atoms with E-state index in [1.54, 1.807) is 30.3 Å². The minimum Gasteiger partial charge on any atom is -0.480 e. The summed E-state index contributed by atoms with van der Waals surface area (Å²) in [6, 6.07) is 11.8. The van der Waals surface area contributed by atoms with Crippen LogP contribution in [0.4, 0.5) is 18.0 Å². The van der Waals surface area contributed by atoms with Gasteiger partial charge in [-0.1, -0.05) is 48.5 Å². The van der Waals surface area contributed by atoms with Crippen LogP contribution in [0.25, 0.3) is 0 Å². The van der Waals surface area contributed by atoms with E-state index in [1.165, 1.54) is 19.2 Å². The molecule has 2 aromatic carbocycles. The molecule has 0 aliphatic heterocycles. The number of carboxylic acids is 1. The lowest BCUT2D eigenvalue weighted by Gasteiger charge is -2.24. The standard InChI is InChI=1S/C19H18F3NO4/c1-23(18(26)27-12-13-6-3-2-4-7-13)16(17(24)25)11-14-8-5-9-15(10-14)19(20,21)22/h2-10,16H,11-12H2,1H3,(H,24,25)/t16-/m0/s1. The predicted octanol–water partition coefficient (Wildman–Crippen LogP) is 3.97. The van der Waals surface area contributed by atoms with Crippen molar-refractivity contribution in [3.8, 4) is 0 Å². The highest BCUT2D eigenvalue weighted by Gasteiger charge is 2.32. The van der Waals surface area contributed by atoms with Gasteiger partial charge in [0.1, 0.15) is 12.6 Å². The molecule has 0 saturated carbocycles. The summed E-state index contributed by atoms with van der Waals surface area (Å²) >= 11 is 0. The Balaban J connectivity index is 2.07. The van der Waals surface area contributed by atoms with E-state index in [0.29, 0.717) is 0 Å². The van der Waals surface area contributed by atoms with Gasteiger partial charge in [-0.2, -0.15) is 13.2 Å². The Morgan fingerprint density at radius 3 is 2.30 bits per heavy atom. The van der Waals surface area contributed by atoms with Crippen LogP contribution in [-0.4, -0.2) is 35.2 Å². The maximum Gasteiger partial charge on any atom is 0.416 e. The van der Waals surface area contributed by atoms with Crippen molar-refractivity contribution in [3.05, 3.63) is 71.3 Å². The van der Waals surface area contributed by atoms with E-state index in [0.717, 1.165) is 22.6 Å². The molecular weight excluding hydrogens is 363 g/mol. The van der Waals surface area contributed by atoms with Crippen LogP contribution in [0.15, 0.2) is 54.6 Å². The lowest BCUT2D eigenvalue weighted by molar-refractivity contribution is -0.142. The Morgan fingerprint density at radius 2 is 1.70 bits per heavy atom. The molecule has 0 aliphatic rings. The second kappa shape index (κ2) is 8.57. The number of carbonyl (C=O) groups is 2. The average Bonchev–Trinajstić information content (AvgIpc) is 2.63. The summed E-state index contributed by atoms with van der Waals surface area (Å²) < 4.78 is 43.5. The summed E-state index contributed by atoms with van der Waals surface area (Å²) in [7, 11) is 1.24. The summed E-state index contributed by atoms with van der Waals surface area (Å²) in [5, 5.41) is 9.40. The molecule has 144 valence electrons. The van der Waals surface area contributed by atoms with Gasteiger partial charge >= 0.3 is 18.2 Å². The second-order valence-electron chi connectivity index (χ2n) is 5.91. The minimum absolute atomic E-state index is 0.0418. The summed E-state index contributed by atoms with van der Waals surface area (Å²) in [5.74, 6) is -1.34. The van der Waals surface area contributed by atoms with Crippen molar-refractivity contribution in [1.29, 1.82) is 0 Å². The first-order valence-electron chi connectivity index (χ1n) is 8.01. The number of rotatable bonds is 6. The topological polar surface area (TPSA) is 66.8 Å². The smallest absolute Gasteiger partial charge is 0.416 e. The highest BCUT2D eigenvalue weighted by atomic mass is 19.4. The van der Waals surface area contributed by atoms with Crippen LogP contribution in [0.1, 0.15) is 16.7 Å². The maximum atomic E-state index is 12.8. The van der Waals surface area contributed by atoms with Gasteiger partial charge in [0.2, 0.25) is 0 Å². The Hall–Kier alpha value is -3.03. The van der Waals surface area contributed by atoms with Gasteiger partial charge in [-0.3, -0.25) is 4.90 Å². The van der Waals surface area contributed by atoms with Crippen molar-refractivity contribution >= 4 is 12.1 Å². The number of aliphatic carboxylic acids is 1. The van der Waals surface area contributed by atoms with Gasteiger partial charge in [0.05, 0.1) is 5.56 Å². The zero-order valence-corrected chi connectivity index (χ0v) is 14.4. The average molecular weight is 381 g/mol. The zero-order chi connectivity index (χ0) is 20.0. The number of nitrogens with zero attached hydrogens (tertiary/aromatic N) is 1. The third-order valence-electron chi connectivity index (χ3n) is 3.93. The minimum atomic E-state index is -4.53. The summed E-state index contributed by atoms with van der Waals surface area (Å²) in [4.78, 5) is 24.5. The molecule has 1 N–H and O–H groups in total. The van der Waals surface area contributed by atoms with E-state index >= 15 is 0 Å². The predicted molar refractivity (Wildman–Crippen MR) is 91.0 cm³/mol. The van der Waals surface area contributed by atoms with Crippen LogP contribution in [0.3, 0.4) is 0 Å². The SMILES string of the molecule is CN(C(=O)OCc1ccccc1)[C@@H](Cc1cccc(C(F)(F)F)c1)C(=O)O. The molecule has 0 heterocycles. The monoisotopic (exact) mass is 381 g/mol. The lowest BCUT2D eigenvalue weighted by atomic mass is 10.0. The van der Waals surface area contributed by atoms with Gasteiger partial charge in [-0.15, -0.1) is 0 Å². The van der Waals surface area contributed by atoms with Crippen LogP contribution in [-0.2, 0) is 28.7 Å². The number of amides is 1. The van der Waals surface area contributed by atoms with Crippen molar-refractivity contribution in [2.75, 3.05) is 7.05 Å². The number of hydrogen-bond acceptors (Lipinski definition) is 3. The number of carbonyl (C=O) groups excluding carboxylic acids is 1. The van der Waals surface area contributed by atoms with Gasteiger partial charge in [0.15, 0.2) is 0 Å². The molecule has 0 aliphatic carbocycles.